The van der Waals surface area contributed by atoms with E-state index in [0.717, 1.165) is 43.2 Å². The maximum atomic E-state index is 12.6. The van der Waals surface area contributed by atoms with E-state index in [1.165, 1.54) is 11.1 Å². The quantitative estimate of drug-likeness (QED) is 0.539. The number of rotatable bonds is 8. The molecule has 0 bridgehead atoms. The standard InChI is InChI=1S/C27H31N3O2/c1-20(2)22-9-11-25(12-10-22)32-26-8-5-6-21(16-26)18-30-15-13-23(19-30)27(31)29-17-24-7-3-4-14-28-24/h3-12,14,16,20,23H,13,15,17-19H2,1-2H3,(H,29,31). The van der Waals surface area contributed by atoms with E-state index in [1.54, 1.807) is 6.20 Å². The number of benzene rings is 2. The molecule has 1 N–H and O–H groups in total. The average molecular weight is 430 g/mol. The highest BCUT2D eigenvalue weighted by atomic mass is 16.5. The van der Waals surface area contributed by atoms with Gasteiger partial charge in [-0.2, -0.15) is 0 Å². The molecule has 0 saturated carbocycles. The fraction of sp³-hybridized carbons (Fsp3) is 0.333. The second-order valence-electron chi connectivity index (χ2n) is 8.73. The monoisotopic (exact) mass is 429 g/mol. The van der Waals surface area contributed by atoms with Gasteiger partial charge in [0, 0.05) is 19.3 Å². The van der Waals surface area contributed by atoms with E-state index in [9.17, 15) is 4.79 Å². The van der Waals surface area contributed by atoms with Crippen molar-refractivity contribution in [2.45, 2.75) is 39.3 Å². The van der Waals surface area contributed by atoms with E-state index in [4.69, 9.17) is 4.74 Å². The van der Waals surface area contributed by atoms with Crippen LogP contribution >= 0.6 is 0 Å². The van der Waals surface area contributed by atoms with Crippen molar-refractivity contribution in [1.29, 1.82) is 0 Å². The van der Waals surface area contributed by atoms with Gasteiger partial charge in [0.15, 0.2) is 0 Å². The molecule has 4 rings (SSSR count). The molecular weight excluding hydrogens is 398 g/mol. The maximum absolute atomic E-state index is 12.6. The zero-order chi connectivity index (χ0) is 22.3. The van der Waals surface area contributed by atoms with Crippen LogP contribution in [0.2, 0.25) is 0 Å². The lowest BCUT2D eigenvalue weighted by Gasteiger charge is -2.17. The van der Waals surface area contributed by atoms with Gasteiger partial charge in [0.2, 0.25) is 5.91 Å². The van der Waals surface area contributed by atoms with Crippen molar-refractivity contribution in [2.24, 2.45) is 5.92 Å². The van der Waals surface area contributed by atoms with Crippen LogP contribution in [0.1, 0.15) is 43.0 Å². The average Bonchev–Trinajstić information content (AvgIpc) is 3.27. The smallest absolute Gasteiger partial charge is 0.224 e. The number of aromatic nitrogens is 1. The first-order chi connectivity index (χ1) is 15.6. The van der Waals surface area contributed by atoms with Crippen molar-refractivity contribution in [3.63, 3.8) is 0 Å². The first-order valence-corrected chi connectivity index (χ1v) is 11.3. The molecule has 0 aliphatic carbocycles. The molecule has 1 amide bonds. The largest absolute Gasteiger partial charge is 0.457 e. The predicted octanol–water partition coefficient (Wildman–Crippen LogP) is 5.14. The van der Waals surface area contributed by atoms with E-state index >= 15 is 0 Å². The third kappa shape index (κ3) is 5.95. The predicted molar refractivity (Wildman–Crippen MR) is 127 cm³/mol. The maximum Gasteiger partial charge on any atom is 0.224 e. The summed E-state index contributed by atoms with van der Waals surface area (Å²) in [6.07, 6.45) is 2.63. The molecular formula is C27H31N3O2. The number of nitrogens with zero attached hydrogens (tertiary/aromatic N) is 2. The summed E-state index contributed by atoms with van der Waals surface area (Å²) >= 11 is 0. The minimum atomic E-state index is 0.0256. The summed E-state index contributed by atoms with van der Waals surface area (Å²) < 4.78 is 6.06. The van der Waals surface area contributed by atoms with Crippen molar-refractivity contribution in [2.75, 3.05) is 13.1 Å². The fourth-order valence-electron chi connectivity index (χ4n) is 4.04. The van der Waals surface area contributed by atoms with Crippen LogP contribution in [0, 0.1) is 5.92 Å². The number of ether oxygens (including phenoxy) is 1. The zero-order valence-corrected chi connectivity index (χ0v) is 18.8. The normalized spacial score (nSPS) is 16.3. The van der Waals surface area contributed by atoms with Crippen LogP contribution in [0.3, 0.4) is 0 Å². The van der Waals surface area contributed by atoms with E-state index in [-0.39, 0.29) is 11.8 Å². The lowest BCUT2D eigenvalue weighted by atomic mass is 10.0. The molecule has 2 heterocycles. The van der Waals surface area contributed by atoms with Crippen molar-refractivity contribution >= 4 is 5.91 Å². The van der Waals surface area contributed by atoms with Gasteiger partial charge < -0.3 is 10.1 Å². The zero-order valence-electron chi connectivity index (χ0n) is 18.8. The molecule has 0 radical (unpaired) electrons. The Kier molecular flexibility index (Phi) is 7.17. The minimum absolute atomic E-state index is 0.0256. The van der Waals surface area contributed by atoms with E-state index in [2.05, 4.69) is 53.3 Å². The summed E-state index contributed by atoms with van der Waals surface area (Å²) in [6.45, 7) is 7.36. The van der Waals surface area contributed by atoms with Gasteiger partial charge in [-0.1, -0.05) is 44.2 Å². The Labute approximate surface area is 190 Å². The number of nitrogens with one attached hydrogen (secondary N) is 1. The summed E-state index contributed by atoms with van der Waals surface area (Å²) in [5.41, 5.74) is 3.38. The highest BCUT2D eigenvalue weighted by Gasteiger charge is 2.28. The summed E-state index contributed by atoms with van der Waals surface area (Å²) in [4.78, 5) is 19.2. The fourth-order valence-corrected chi connectivity index (χ4v) is 4.04. The van der Waals surface area contributed by atoms with E-state index in [0.29, 0.717) is 12.5 Å². The van der Waals surface area contributed by atoms with Crippen molar-refractivity contribution in [1.82, 2.24) is 15.2 Å². The number of hydrogen-bond donors (Lipinski definition) is 1. The highest BCUT2D eigenvalue weighted by Crippen LogP contribution is 2.26. The Morgan fingerprint density at radius 2 is 1.94 bits per heavy atom. The molecule has 32 heavy (non-hydrogen) atoms. The lowest BCUT2D eigenvalue weighted by Crippen LogP contribution is -2.32. The molecule has 1 aromatic heterocycles. The topological polar surface area (TPSA) is 54.5 Å². The number of likely N-dealkylation sites (tertiary alicyclic amines) is 1. The Hall–Kier alpha value is -3.18. The second-order valence-corrected chi connectivity index (χ2v) is 8.73. The van der Waals surface area contributed by atoms with Crippen molar-refractivity contribution in [3.05, 3.63) is 89.7 Å². The first-order valence-electron chi connectivity index (χ1n) is 11.3. The number of amides is 1. The molecule has 166 valence electrons. The summed E-state index contributed by atoms with van der Waals surface area (Å²) in [5, 5.41) is 3.02. The number of pyridine rings is 1. The first kappa shape index (κ1) is 22.0. The van der Waals surface area contributed by atoms with Crippen molar-refractivity contribution in [3.8, 4) is 11.5 Å². The van der Waals surface area contributed by atoms with Crippen LogP contribution in [0.5, 0.6) is 11.5 Å². The molecule has 3 aromatic rings. The van der Waals surface area contributed by atoms with Gasteiger partial charge in [-0.05, 0) is 66.4 Å². The van der Waals surface area contributed by atoms with Crippen LogP contribution in [-0.2, 0) is 17.9 Å². The van der Waals surface area contributed by atoms with Gasteiger partial charge in [-0.15, -0.1) is 0 Å². The summed E-state index contributed by atoms with van der Waals surface area (Å²) in [7, 11) is 0. The summed E-state index contributed by atoms with van der Waals surface area (Å²) in [6, 6.07) is 22.2. The highest BCUT2D eigenvalue weighted by molar-refractivity contribution is 5.79. The lowest BCUT2D eigenvalue weighted by molar-refractivity contribution is -0.124. The summed E-state index contributed by atoms with van der Waals surface area (Å²) in [5.74, 6) is 2.33. The molecule has 1 atom stereocenters. The van der Waals surface area contributed by atoms with Gasteiger partial charge >= 0.3 is 0 Å². The van der Waals surface area contributed by atoms with Crippen molar-refractivity contribution < 1.29 is 9.53 Å². The molecule has 0 spiro atoms. The van der Waals surface area contributed by atoms with Crippen LogP contribution in [-0.4, -0.2) is 28.9 Å². The SMILES string of the molecule is CC(C)c1ccc(Oc2cccc(CN3CCC(C(=O)NCc4ccccn4)C3)c2)cc1. The van der Waals surface area contributed by atoms with Gasteiger partial charge in [0.05, 0.1) is 18.2 Å². The third-order valence-corrected chi connectivity index (χ3v) is 5.90. The van der Waals surface area contributed by atoms with E-state index in [1.807, 2.05) is 42.5 Å². The van der Waals surface area contributed by atoms with Gasteiger partial charge in [0.1, 0.15) is 11.5 Å². The Morgan fingerprint density at radius 1 is 1.09 bits per heavy atom. The van der Waals surface area contributed by atoms with E-state index < -0.39 is 0 Å². The molecule has 2 aromatic carbocycles. The number of carbonyl (C=O) groups is 1. The molecule has 1 aliphatic rings. The third-order valence-electron chi connectivity index (χ3n) is 5.90. The molecule has 5 heteroatoms. The Balaban J connectivity index is 1.28. The minimum Gasteiger partial charge on any atom is -0.457 e. The molecule has 5 nitrogen and oxygen atoms in total. The molecule has 1 aliphatic heterocycles. The molecule has 1 fully saturated rings. The number of hydrogen-bond acceptors (Lipinski definition) is 4. The molecule has 1 unspecified atom stereocenters. The van der Waals surface area contributed by atoms with Crippen LogP contribution in [0.25, 0.3) is 0 Å². The second kappa shape index (κ2) is 10.4. The van der Waals surface area contributed by atoms with Crippen LogP contribution in [0.15, 0.2) is 72.9 Å². The van der Waals surface area contributed by atoms with Gasteiger partial charge in [-0.3, -0.25) is 14.7 Å². The Morgan fingerprint density at radius 3 is 2.69 bits per heavy atom. The van der Waals surface area contributed by atoms with Gasteiger partial charge in [0.25, 0.3) is 0 Å². The van der Waals surface area contributed by atoms with Crippen LogP contribution < -0.4 is 10.1 Å². The van der Waals surface area contributed by atoms with Gasteiger partial charge in [-0.25, -0.2) is 0 Å². The Bertz CT molecular complexity index is 1020. The number of carbonyl (C=O) groups excluding carboxylic acids is 1. The van der Waals surface area contributed by atoms with Crippen LogP contribution in [0.4, 0.5) is 0 Å². The molecule has 1 saturated heterocycles.